The molecule has 0 aromatic heterocycles. The minimum Gasteiger partial charge on any atom is -0.0920 e. The third-order valence-electron chi connectivity index (χ3n) is 3.56. The van der Waals surface area contributed by atoms with Gasteiger partial charge in [0.05, 0.1) is 0 Å². The van der Waals surface area contributed by atoms with Crippen LogP contribution in [0.2, 0.25) is 13.1 Å². The highest BCUT2D eigenvalue weighted by atomic mass is 14.5. The lowest BCUT2D eigenvalue weighted by Gasteiger charge is -2.09. The van der Waals surface area contributed by atoms with E-state index in [-0.39, 0.29) is 0 Å². The molecule has 3 atom stereocenters. The highest BCUT2D eigenvalue weighted by Crippen LogP contribution is 2.56. The highest BCUT2D eigenvalue weighted by molar-refractivity contribution is 6.33. The first-order chi connectivity index (χ1) is 5.42. The van der Waals surface area contributed by atoms with Crippen molar-refractivity contribution in [3.63, 3.8) is 0 Å². The topological polar surface area (TPSA) is 0 Å². The van der Waals surface area contributed by atoms with Crippen LogP contribution in [0.4, 0.5) is 0 Å². The van der Waals surface area contributed by atoms with Gasteiger partial charge in [0.2, 0.25) is 0 Å². The molecule has 2 aliphatic carbocycles. The van der Waals surface area contributed by atoms with Gasteiger partial charge in [-0.15, -0.1) is 0 Å². The molecule has 11 heavy (non-hydrogen) atoms. The zero-order valence-electron chi connectivity index (χ0n) is 7.55. The largest absolute Gasteiger partial charge is 0.105 e. The van der Waals surface area contributed by atoms with Crippen LogP contribution in [0.3, 0.4) is 0 Å². The van der Waals surface area contributed by atoms with Gasteiger partial charge in [-0.1, -0.05) is 26.0 Å². The van der Waals surface area contributed by atoms with Crippen molar-refractivity contribution < 1.29 is 0 Å². The van der Waals surface area contributed by atoms with Gasteiger partial charge in [0.1, 0.15) is 7.28 Å². The van der Waals surface area contributed by atoms with Gasteiger partial charge in [-0.05, 0) is 37.0 Å². The van der Waals surface area contributed by atoms with E-state index in [1.54, 1.807) is 19.3 Å². The first-order valence-electron chi connectivity index (χ1n) is 5.19. The van der Waals surface area contributed by atoms with Crippen molar-refractivity contribution in [3.05, 3.63) is 0 Å². The maximum Gasteiger partial charge on any atom is 0.105 e. The predicted molar refractivity (Wildman–Crippen MR) is 50.0 cm³/mol. The Balaban J connectivity index is 1.63. The van der Waals surface area contributed by atoms with Crippen LogP contribution in [0.15, 0.2) is 0 Å². The van der Waals surface area contributed by atoms with Crippen LogP contribution >= 0.6 is 0 Å². The van der Waals surface area contributed by atoms with Gasteiger partial charge in [0.15, 0.2) is 0 Å². The fourth-order valence-corrected chi connectivity index (χ4v) is 2.77. The van der Waals surface area contributed by atoms with Crippen molar-refractivity contribution in [1.82, 2.24) is 0 Å². The molecule has 0 heterocycles. The van der Waals surface area contributed by atoms with Gasteiger partial charge in [0.25, 0.3) is 0 Å². The summed E-state index contributed by atoms with van der Waals surface area (Å²) in [5, 5.41) is 0. The van der Waals surface area contributed by atoms with Crippen molar-refractivity contribution >= 4 is 7.28 Å². The summed E-state index contributed by atoms with van der Waals surface area (Å²) in [6.45, 7) is 2.18. The molecule has 0 N–H and O–H groups in total. The zero-order chi connectivity index (χ0) is 7.68. The molecule has 2 fully saturated rings. The van der Waals surface area contributed by atoms with E-state index in [9.17, 15) is 0 Å². The number of hydrogen-bond acceptors (Lipinski definition) is 0. The van der Waals surface area contributed by atoms with Crippen LogP contribution in [0.5, 0.6) is 0 Å². The lowest BCUT2D eigenvalue weighted by molar-refractivity contribution is 0.439. The summed E-state index contributed by atoms with van der Waals surface area (Å²) in [5.74, 6) is 3.51. The molecule has 1 radical (unpaired) electrons. The van der Waals surface area contributed by atoms with Crippen LogP contribution < -0.4 is 0 Å². The van der Waals surface area contributed by atoms with Crippen LogP contribution in [-0.2, 0) is 0 Å². The molecule has 0 saturated heterocycles. The van der Waals surface area contributed by atoms with E-state index in [1.807, 2.05) is 0 Å². The van der Waals surface area contributed by atoms with E-state index < -0.39 is 0 Å². The van der Waals surface area contributed by atoms with Crippen molar-refractivity contribution in [1.29, 1.82) is 0 Å². The Bertz CT molecular complexity index is 133. The summed E-state index contributed by atoms with van der Waals surface area (Å²) < 4.78 is 0. The summed E-state index contributed by atoms with van der Waals surface area (Å²) in [7, 11) is 2.30. The molecule has 3 unspecified atom stereocenters. The second-order valence-electron chi connectivity index (χ2n) is 4.34. The predicted octanol–water partition coefficient (Wildman–Crippen LogP) is 2.98. The Kier molecular flexibility index (Phi) is 2.24. The Morgan fingerprint density at radius 1 is 1.36 bits per heavy atom. The van der Waals surface area contributed by atoms with Crippen molar-refractivity contribution in [2.24, 2.45) is 17.8 Å². The summed E-state index contributed by atoms with van der Waals surface area (Å²) in [6.07, 6.45) is 9.01. The molecule has 0 aromatic rings. The average molecular weight is 149 g/mol. The van der Waals surface area contributed by atoms with Crippen LogP contribution in [0.1, 0.15) is 32.1 Å². The van der Waals surface area contributed by atoms with E-state index in [1.165, 1.54) is 31.0 Å². The monoisotopic (exact) mass is 149 g/mol. The van der Waals surface area contributed by atoms with Gasteiger partial charge in [-0.3, -0.25) is 0 Å². The molecule has 0 nitrogen and oxygen atoms in total. The van der Waals surface area contributed by atoms with Crippen molar-refractivity contribution in [2.45, 2.75) is 45.2 Å². The first kappa shape index (κ1) is 7.70. The summed E-state index contributed by atoms with van der Waals surface area (Å²) in [4.78, 5) is 0. The molecular weight excluding hydrogens is 131 g/mol. The summed E-state index contributed by atoms with van der Waals surface area (Å²) >= 11 is 0. The lowest BCUT2D eigenvalue weighted by atomic mass is 9.75. The molecule has 1 heteroatoms. The molecule has 0 bridgehead atoms. The minimum absolute atomic E-state index is 1.14. The lowest BCUT2D eigenvalue weighted by Crippen LogP contribution is -1.98. The van der Waals surface area contributed by atoms with Gasteiger partial charge in [-0.2, -0.15) is 0 Å². The quantitative estimate of drug-likeness (QED) is 0.425. The smallest absolute Gasteiger partial charge is 0.0920 e. The van der Waals surface area contributed by atoms with E-state index >= 15 is 0 Å². The van der Waals surface area contributed by atoms with E-state index in [2.05, 4.69) is 14.1 Å². The first-order valence-corrected chi connectivity index (χ1v) is 5.19. The fraction of sp³-hybridized carbons (Fsp3) is 1.00. The van der Waals surface area contributed by atoms with Crippen LogP contribution in [0, 0.1) is 17.8 Å². The van der Waals surface area contributed by atoms with Gasteiger partial charge in [-0.25, -0.2) is 0 Å². The van der Waals surface area contributed by atoms with Gasteiger partial charge < -0.3 is 0 Å². The normalized spacial score (nSPS) is 40.3. The number of fused-ring (bicyclic) bond motifs is 1. The summed E-state index contributed by atoms with van der Waals surface area (Å²) in [6, 6.07) is 0. The molecule has 0 aromatic carbocycles. The molecule has 0 amide bonds. The number of rotatable bonds is 4. The Morgan fingerprint density at radius 3 is 2.82 bits per heavy atom. The number of hydrogen-bond donors (Lipinski definition) is 0. The third kappa shape index (κ3) is 1.63. The zero-order valence-corrected chi connectivity index (χ0v) is 7.55. The fourth-order valence-electron chi connectivity index (χ4n) is 2.77. The van der Waals surface area contributed by atoms with Gasteiger partial charge >= 0.3 is 0 Å². The van der Waals surface area contributed by atoms with Crippen LogP contribution in [-0.4, -0.2) is 7.28 Å². The molecule has 0 spiro atoms. The molecule has 61 valence electrons. The van der Waals surface area contributed by atoms with E-state index in [0.29, 0.717) is 0 Å². The second-order valence-corrected chi connectivity index (χ2v) is 4.34. The minimum atomic E-state index is 1.14. The maximum absolute atomic E-state index is 2.30. The van der Waals surface area contributed by atoms with Crippen molar-refractivity contribution in [3.8, 4) is 0 Å². The second kappa shape index (κ2) is 3.20. The highest BCUT2D eigenvalue weighted by Gasteiger charge is 2.46. The Labute approximate surface area is 71.0 Å². The SMILES string of the molecule is C[B]CCCC1CCC2CC12. The molecule has 0 aliphatic heterocycles. The average Bonchev–Trinajstić information content (AvgIpc) is 2.70. The standard InChI is InChI=1S/C10H18B/c1-11-6-2-3-8-4-5-9-7-10(8)9/h8-10H,2-7H2,1H3. The molecule has 2 aliphatic rings. The van der Waals surface area contributed by atoms with E-state index in [4.69, 9.17) is 0 Å². The van der Waals surface area contributed by atoms with Gasteiger partial charge in [0, 0.05) is 0 Å². The molecule has 2 rings (SSSR count). The maximum atomic E-state index is 2.30. The van der Waals surface area contributed by atoms with Crippen LogP contribution in [0.25, 0.3) is 0 Å². The third-order valence-corrected chi connectivity index (χ3v) is 3.56. The Morgan fingerprint density at radius 2 is 2.27 bits per heavy atom. The van der Waals surface area contributed by atoms with Crippen molar-refractivity contribution in [2.75, 3.05) is 0 Å². The Hall–Kier alpha value is 0.0649. The molecule has 2 saturated carbocycles. The summed E-state index contributed by atoms with van der Waals surface area (Å²) in [5.41, 5.74) is 0. The van der Waals surface area contributed by atoms with E-state index in [0.717, 1.165) is 5.92 Å². The molecular formula is C10H18B.